The van der Waals surface area contributed by atoms with E-state index in [0.29, 0.717) is 0 Å². The molecule has 7 heteroatoms. The quantitative estimate of drug-likeness (QED) is 0.687. The maximum atomic E-state index is 12.0. The van der Waals surface area contributed by atoms with Gasteiger partial charge in [-0.15, -0.1) is 0 Å². The van der Waals surface area contributed by atoms with Crippen LogP contribution in [0.15, 0.2) is 0 Å². The monoisotopic (exact) mass is 285 g/mol. The van der Waals surface area contributed by atoms with Crippen molar-refractivity contribution in [2.24, 2.45) is 0 Å². The van der Waals surface area contributed by atoms with Crippen molar-refractivity contribution in [1.29, 1.82) is 0 Å². The highest BCUT2D eigenvalue weighted by molar-refractivity contribution is 5.87. The highest BCUT2D eigenvalue weighted by Crippen LogP contribution is 2.10. The minimum absolute atomic E-state index is 0.103. The van der Waals surface area contributed by atoms with Gasteiger partial charge in [0.25, 0.3) is 0 Å². The molecular weight excluding hydrogens is 262 g/mol. The third kappa shape index (κ3) is 5.07. The Balaban J connectivity index is 2.44. The van der Waals surface area contributed by atoms with E-state index in [2.05, 4.69) is 10.6 Å². The predicted molar refractivity (Wildman–Crippen MR) is 73.3 cm³/mol. The first-order valence-corrected chi connectivity index (χ1v) is 6.80. The molecule has 1 unspecified atom stereocenters. The Morgan fingerprint density at radius 2 is 1.80 bits per heavy atom. The molecule has 1 fully saturated rings. The van der Waals surface area contributed by atoms with E-state index in [9.17, 15) is 14.4 Å². The third-order valence-electron chi connectivity index (χ3n) is 3.18. The van der Waals surface area contributed by atoms with Gasteiger partial charge in [0.1, 0.15) is 6.04 Å². The summed E-state index contributed by atoms with van der Waals surface area (Å²) in [4.78, 5) is 36.2. The first-order chi connectivity index (χ1) is 9.21. The summed E-state index contributed by atoms with van der Waals surface area (Å²) in [5.74, 6) is -1.09. The number of hydrogen-bond acceptors (Lipinski definition) is 3. The average Bonchev–Trinajstić information content (AvgIpc) is 2.77. The maximum absolute atomic E-state index is 12.0. The molecule has 1 saturated heterocycles. The molecule has 0 aromatic carbocycles. The standard InChI is InChI=1S/C13H23N3O4/c1-9(11(19)16-6-4-5-7-16)14-12(20)15-13(2,3)8-10(17)18/h9H,4-8H2,1-3H3,(H,17,18)(H2,14,15,20). The van der Waals surface area contributed by atoms with E-state index in [-0.39, 0.29) is 12.3 Å². The summed E-state index contributed by atoms with van der Waals surface area (Å²) in [5.41, 5.74) is -0.869. The van der Waals surface area contributed by atoms with Crippen molar-refractivity contribution < 1.29 is 19.5 Å². The zero-order valence-corrected chi connectivity index (χ0v) is 12.2. The average molecular weight is 285 g/mol. The number of carboxylic acid groups (broad SMARTS) is 1. The number of carbonyl (C=O) groups is 3. The summed E-state index contributed by atoms with van der Waals surface area (Å²) in [6.45, 7) is 6.33. The molecule has 1 aliphatic heterocycles. The third-order valence-corrected chi connectivity index (χ3v) is 3.18. The predicted octanol–water partition coefficient (Wildman–Crippen LogP) is 0.550. The van der Waals surface area contributed by atoms with Crippen molar-refractivity contribution in [3.63, 3.8) is 0 Å². The van der Waals surface area contributed by atoms with Gasteiger partial charge in [-0.25, -0.2) is 4.79 Å². The Morgan fingerprint density at radius 1 is 1.25 bits per heavy atom. The number of carbonyl (C=O) groups excluding carboxylic acids is 2. The lowest BCUT2D eigenvalue weighted by molar-refractivity contribution is -0.138. The second kappa shape index (κ2) is 6.58. The molecule has 0 spiro atoms. The van der Waals surface area contributed by atoms with Crippen LogP contribution in [0.1, 0.15) is 40.0 Å². The molecule has 114 valence electrons. The highest BCUT2D eigenvalue weighted by Gasteiger charge is 2.27. The molecule has 20 heavy (non-hydrogen) atoms. The minimum Gasteiger partial charge on any atom is -0.481 e. The number of rotatable bonds is 5. The Kier molecular flexibility index (Phi) is 5.35. The summed E-state index contributed by atoms with van der Waals surface area (Å²) < 4.78 is 0. The van der Waals surface area contributed by atoms with Crippen LogP contribution >= 0.6 is 0 Å². The fourth-order valence-electron chi connectivity index (χ4n) is 2.24. The van der Waals surface area contributed by atoms with E-state index < -0.39 is 23.6 Å². The largest absolute Gasteiger partial charge is 0.481 e. The number of nitrogens with zero attached hydrogens (tertiary/aromatic N) is 1. The zero-order chi connectivity index (χ0) is 15.3. The lowest BCUT2D eigenvalue weighted by Gasteiger charge is -2.26. The number of likely N-dealkylation sites (tertiary alicyclic amines) is 1. The number of nitrogens with one attached hydrogen (secondary N) is 2. The van der Waals surface area contributed by atoms with Crippen LogP contribution in [0, 0.1) is 0 Å². The van der Waals surface area contributed by atoms with Crippen LogP contribution in [0.4, 0.5) is 4.79 Å². The van der Waals surface area contributed by atoms with Crippen molar-refractivity contribution in [2.75, 3.05) is 13.1 Å². The van der Waals surface area contributed by atoms with Crippen LogP contribution in [0.5, 0.6) is 0 Å². The molecular formula is C13H23N3O4. The van der Waals surface area contributed by atoms with Gasteiger partial charge in [0.05, 0.1) is 6.42 Å². The second-order valence-corrected chi connectivity index (χ2v) is 5.81. The summed E-state index contributed by atoms with van der Waals surface area (Å²) in [5, 5.41) is 13.9. The van der Waals surface area contributed by atoms with Gasteiger partial charge in [-0.2, -0.15) is 0 Å². The van der Waals surface area contributed by atoms with Crippen molar-refractivity contribution in [2.45, 2.75) is 51.6 Å². The molecule has 0 aromatic heterocycles. The molecule has 1 aliphatic rings. The second-order valence-electron chi connectivity index (χ2n) is 5.81. The summed E-state index contributed by atoms with van der Waals surface area (Å²) in [7, 11) is 0. The van der Waals surface area contributed by atoms with Gasteiger partial charge < -0.3 is 20.6 Å². The summed E-state index contributed by atoms with van der Waals surface area (Å²) in [6, 6.07) is -1.15. The van der Waals surface area contributed by atoms with Crippen molar-refractivity contribution in [3.8, 4) is 0 Å². The minimum atomic E-state index is -0.989. The molecule has 0 aliphatic carbocycles. The van der Waals surface area contributed by atoms with Crippen LogP contribution in [0.3, 0.4) is 0 Å². The van der Waals surface area contributed by atoms with Crippen LogP contribution in [0.25, 0.3) is 0 Å². The fraction of sp³-hybridized carbons (Fsp3) is 0.769. The van der Waals surface area contributed by atoms with Crippen LogP contribution in [-0.4, -0.2) is 52.6 Å². The van der Waals surface area contributed by atoms with E-state index >= 15 is 0 Å². The van der Waals surface area contributed by atoms with Gasteiger partial charge in [0, 0.05) is 18.6 Å². The molecule has 1 atom stereocenters. The molecule has 7 nitrogen and oxygen atoms in total. The molecule has 3 amide bonds. The van der Waals surface area contributed by atoms with Gasteiger partial charge in [-0.05, 0) is 33.6 Å². The Morgan fingerprint density at radius 3 is 2.30 bits per heavy atom. The molecule has 0 bridgehead atoms. The maximum Gasteiger partial charge on any atom is 0.315 e. The SMILES string of the molecule is CC(NC(=O)NC(C)(C)CC(=O)O)C(=O)N1CCCC1. The lowest BCUT2D eigenvalue weighted by atomic mass is 10.0. The van der Waals surface area contributed by atoms with E-state index in [1.165, 1.54) is 0 Å². The number of hydrogen-bond donors (Lipinski definition) is 3. The van der Waals surface area contributed by atoms with E-state index in [4.69, 9.17) is 5.11 Å². The van der Waals surface area contributed by atoms with Crippen LogP contribution < -0.4 is 10.6 Å². The van der Waals surface area contributed by atoms with Gasteiger partial charge in [0.15, 0.2) is 0 Å². The Labute approximate surface area is 118 Å². The first-order valence-electron chi connectivity index (χ1n) is 6.80. The van der Waals surface area contributed by atoms with Crippen molar-refractivity contribution in [3.05, 3.63) is 0 Å². The molecule has 0 radical (unpaired) electrons. The van der Waals surface area contributed by atoms with E-state index in [0.717, 1.165) is 25.9 Å². The number of aliphatic carboxylic acids is 1. The normalized spacial score (nSPS) is 16.6. The number of urea groups is 1. The van der Waals surface area contributed by atoms with Gasteiger partial charge >= 0.3 is 12.0 Å². The van der Waals surface area contributed by atoms with Gasteiger partial charge in [-0.3, -0.25) is 9.59 Å². The van der Waals surface area contributed by atoms with Crippen molar-refractivity contribution in [1.82, 2.24) is 15.5 Å². The zero-order valence-electron chi connectivity index (χ0n) is 12.2. The van der Waals surface area contributed by atoms with Gasteiger partial charge in [-0.1, -0.05) is 0 Å². The molecule has 0 saturated carbocycles. The summed E-state index contributed by atoms with van der Waals surface area (Å²) in [6.07, 6.45) is 1.81. The molecule has 0 aromatic rings. The fourth-order valence-corrected chi connectivity index (χ4v) is 2.24. The molecule has 1 heterocycles. The van der Waals surface area contributed by atoms with Crippen LogP contribution in [-0.2, 0) is 9.59 Å². The number of amides is 3. The molecule has 1 rings (SSSR count). The van der Waals surface area contributed by atoms with Gasteiger partial charge in [0.2, 0.25) is 5.91 Å². The lowest BCUT2D eigenvalue weighted by Crippen LogP contribution is -2.54. The van der Waals surface area contributed by atoms with E-state index in [1.807, 2.05) is 0 Å². The Hall–Kier alpha value is -1.79. The van der Waals surface area contributed by atoms with Crippen LogP contribution in [0.2, 0.25) is 0 Å². The molecule has 3 N–H and O–H groups in total. The topological polar surface area (TPSA) is 98.7 Å². The smallest absolute Gasteiger partial charge is 0.315 e. The Bertz CT molecular complexity index is 389. The summed E-state index contributed by atoms with van der Waals surface area (Å²) >= 11 is 0. The van der Waals surface area contributed by atoms with Crippen molar-refractivity contribution >= 4 is 17.9 Å². The van der Waals surface area contributed by atoms with E-state index in [1.54, 1.807) is 25.7 Å². The number of carboxylic acids is 1. The first kappa shape index (κ1) is 16.3. The highest BCUT2D eigenvalue weighted by atomic mass is 16.4.